The van der Waals surface area contributed by atoms with E-state index in [-0.39, 0.29) is 12.1 Å². The third-order valence-electron chi connectivity index (χ3n) is 4.49. The van der Waals surface area contributed by atoms with Crippen LogP contribution in [0.25, 0.3) is 0 Å². The Labute approximate surface area is 151 Å². The Morgan fingerprint density at radius 3 is 2.60 bits per heavy atom. The molecule has 1 saturated heterocycles. The second kappa shape index (κ2) is 8.68. The molecule has 2 unspecified atom stereocenters. The lowest BCUT2D eigenvalue weighted by molar-refractivity contribution is -0.0354. The lowest BCUT2D eigenvalue weighted by Gasteiger charge is -2.43. The van der Waals surface area contributed by atoms with Crippen LogP contribution in [0.15, 0.2) is 37.0 Å². The molecule has 5 heteroatoms. The number of carbonyl (C=O) groups excluding carboxylic acids is 1. The number of carbonyl (C=O) groups is 1. The highest BCUT2D eigenvalue weighted by atomic mass is 16.6. The van der Waals surface area contributed by atoms with E-state index in [4.69, 9.17) is 4.74 Å². The number of aliphatic hydroxyl groups excluding tert-OH is 1. The van der Waals surface area contributed by atoms with Gasteiger partial charge >= 0.3 is 6.09 Å². The third kappa shape index (κ3) is 6.33. The normalized spacial score (nSPS) is 24.0. The largest absolute Gasteiger partial charge is 0.444 e. The topological polar surface area (TPSA) is 53.0 Å². The van der Waals surface area contributed by atoms with Crippen molar-refractivity contribution in [1.29, 1.82) is 0 Å². The fraction of sp³-hybridized carbons (Fsp3) is 0.650. The summed E-state index contributed by atoms with van der Waals surface area (Å²) in [6, 6.07) is -0.201. The molecule has 0 aromatic carbocycles. The maximum Gasteiger partial charge on any atom is 0.410 e. The van der Waals surface area contributed by atoms with Crippen molar-refractivity contribution in [3.8, 4) is 0 Å². The second-order valence-corrected chi connectivity index (χ2v) is 7.88. The number of allylic oxidation sites excluding steroid dienone is 4. The highest BCUT2D eigenvalue weighted by Crippen LogP contribution is 2.36. The van der Waals surface area contributed by atoms with E-state index in [0.717, 1.165) is 25.9 Å². The lowest BCUT2D eigenvalue weighted by Crippen LogP contribution is -2.60. The number of hydrogen-bond acceptors (Lipinski definition) is 4. The molecule has 2 atom stereocenters. The van der Waals surface area contributed by atoms with Gasteiger partial charge in [-0.25, -0.2) is 4.79 Å². The van der Waals surface area contributed by atoms with Crippen molar-refractivity contribution < 1.29 is 14.6 Å². The predicted octanol–water partition coefficient (Wildman–Crippen LogP) is 2.98. The van der Waals surface area contributed by atoms with Gasteiger partial charge in [0.15, 0.2) is 0 Å². The molecule has 25 heavy (non-hydrogen) atoms. The van der Waals surface area contributed by atoms with Crippen LogP contribution in [0.4, 0.5) is 4.79 Å². The Morgan fingerprint density at radius 2 is 2.00 bits per heavy atom. The van der Waals surface area contributed by atoms with Gasteiger partial charge in [0.25, 0.3) is 0 Å². The SMILES string of the molecule is C=C/C=C\C=C\CN1CCN(C(=O)OC(C)(C)C)C(C(O)C2CC2)C1. The molecule has 0 aromatic heterocycles. The first-order valence-corrected chi connectivity index (χ1v) is 9.16. The Bertz CT molecular complexity index is 518. The number of nitrogens with zero attached hydrogens (tertiary/aromatic N) is 2. The zero-order chi connectivity index (χ0) is 18.4. The molecule has 1 aliphatic carbocycles. The van der Waals surface area contributed by atoms with Crippen molar-refractivity contribution in [2.24, 2.45) is 5.92 Å². The molecule has 0 radical (unpaired) electrons. The van der Waals surface area contributed by atoms with E-state index in [2.05, 4.69) is 17.6 Å². The Morgan fingerprint density at radius 1 is 1.28 bits per heavy atom. The zero-order valence-electron chi connectivity index (χ0n) is 15.7. The van der Waals surface area contributed by atoms with E-state index < -0.39 is 11.7 Å². The van der Waals surface area contributed by atoms with Crippen molar-refractivity contribution in [3.63, 3.8) is 0 Å². The number of aliphatic hydroxyl groups is 1. The minimum absolute atomic E-state index is 0.201. The average molecular weight is 348 g/mol. The molecule has 2 fully saturated rings. The van der Waals surface area contributed by atoms with Crippen LogP contribution in [0, 0.1) is 5.92 Å². The fourth-order valence-corrected chi connectivity index (χ4v) is 3.06. The summed E-state index contributed by atoms with van der Waals surface area (Å²) < 4.78 is 5.54. The summed E-state index contributed by atoms with van der Waals surface area (Å²) in [6.45, 7) is 12.1. The van der Waals surface area contributed by atoms with Crippen LogP contribution in [-0.4, -0.2) is 64.9 Å². The van der Waals surface area contributed by atoms with Crippen molar-refractivity contribution in [2.45, 2.75) is 51.4 Å². The van der Waals surface area contributed by atoms with Crippen molar-refractivity contribution in [1.82, 2.24) is 9.80 Å². The van der Waals surface area contributed by atoms with E-state index in [0.29, 0.717) is 19.0 Å². The molecule has 1 heterocycles. The van der Waals surface area contributed by atoms with Crippen molar-refractivity contribution in [2.75, 3.05) is 26.2 Å². The van der Waals surface area contributed by atoms with Crippen LogP contribution < -0.4 is 0 Å². The average Bonchev–Trinajstić information content (AvgIpc) is 3.37. The second-order valence-electron chi connectivity index (χ2n) is 7.88. The smallest absolute Gasteiger partial charge is 0.410 e. The summed E-state index contributed by atoms with van der Waals surface area (Å²) in [5.74, 6) is 0.320. The summed E-state index contributed by atoms with van der Waals surface area (Å²) in [7, 11) is 0. The molecule has 0 bridgehead atoms. The van der Waals surface area contributed by atoms with Crippen LogP contribution in [0.1, 0.15) is 33.6 Å². The molecule has 1 N–H and O–H groups in total. The number of hydrogen-bond donors (Lipinski definition) is 1. The predicted molar refractivity (Wildman–Crippen MR) is 100 cm³/mol. The van der Waals surface area contributed by atoms with Crippen LogP contribution in [0.5, 0.6) is 0 Å². The minimum Gasteiger partial charge on any atom is -0.444 e. The number of ether oxygens (including phenoxy) is 1. The van der Waals surface area contributed by atoms with Crippen LogP contribution >= 0.6 is 0 Å². The molecule has 0 spiro atoms. The highest BCUT2D eigenvalue weighted by Gasteiger charge is 2.43. The number of piperazine rings is 1. The van der Waals surface area contributed by atoms with Crippen LogP contribution in [0.3, 0.4) is 0 Å². The first-order chi connectivity index (χ1) is 11.8. The maximum absolute atomic E-state index is 12.6. The molecule has 2 aliphatic rings. The zero-order valence-corrected chi connectivity index (χ0v) is 15.7. The number of amides is 1. The van der Waals surface area contributed by atoms with Gasteiger partial charge in [0.05, 0.1) is 12.1 Å². The van der Waals surface area contributed by atoms with Gasteiger partial charge in [0.2, 0.25) is 0 Å². The molecule has 1 saturated carbocycles. The van der Waals surface area contributed by atoms with Gasteiger partial charge in [0, 0.05) is 26.2 Å². The molecule has 5 nitrogen and oxygen atoms in total. The van der Waals surface area contributed by atoms with Gasteiger partial charge in [-0.3, -0.25) is 4.90 Å². The minimum atomic E-state index is -0.524. The van der Waals surface area contributed by atoms with Gasteiger partial charge in [0.1, 0.15) is 5.60 Å². The van der Waals surface area contributed by atoms with Gasteiger partial charge in [-0.1, -0.05) is 37.0 Å². The molecular weight excluding hydrogens is 316 g/mol. The first kappa shape index (κ1) is 19.7. The third-order valence-corrected chi connectivity index (χ3v) is 4.49. The lowest BCUT2D eigenvalue weighted by atomic mass is 10.0. The summed E-state index contributed by atoms with van der Waals surface area (Å²) in [6.07, 6.45) is 11.0. The Kier molecular flexibility index (Phi) is 6.85. The fourth-order valence-electron chi connectivity index (χ4n) is 3.06. The quantitative estimate of drug-likeness (QED) is 0.750. The van der Waals surface area contributed by atoms with Crippen LogP contribution in [-0.2, 0) is 4.74 Å². The van der Waals surface area contributed by atoms with Gasteiger partial charge in [-0.05, 0) is 39.5 Å². The molecule has 2 rings (SSSR count). The molecule has 140 valence electrons. The monoisotopic (exact) mass is 348 g/mol. The summed E-state index contributed by atoms with van der Waals surface area (Å²) in [5, 5.41) is 10.7. The van der Waals surface area contributed by atoms with E-state index in [1.54, 1.807) is 11.0 Å². The summed E-state index contributed by atoms with van der Waals surface area (Å²) in [4.78, 5) is 16.6. The van der Waals surface area contributed by atoms with E-state index in [1.807, 2.05) is 39.0 Å². The van der Waals surface area contributed by atoms with Gasteiger partial charge in [-0.2, -0.15) is 0 Å². The van der Waals surface area contributed by atoms with E-state index in [9.17, 15) is 9.90 Å². The maximum atomic E-state index is 12.6. The summed E-state index contributed by atoms with van der Waals surface area (Å²) >= 11 is 0. The summed E-state index contributed by atoms with van der Waals surface area (Å²) in [5.41, 5.74) is -0.524. The van der Waals surface area contributed by atoms with Gasteiger partial charge < -0.3 is 14.7 Å². The molecule has 1 amide bonds. The van der Waals surface area contributed by atoms with E-state index >= 15 is 0 Å². The molecule has 0 aromatic rings. The number of rotatable bonds is 6. The standard InChI is InChI=1S/C20H32N2O3/c1-5-6-7-8-9-12-21-13-14-22(19(24)25-20(2,3)4)17(15-21)18(23)16-10-11-16/h5-9,16-18,23H,1,10-15H2,2-4H3/b7-6-,9-8+. The molecule has 1 aliphatic heterocycles. The first-order valence-electron chi connectivity index (χ1n) is 9.16. The van der Waals surface area contributed by atoms with E-state index in [1.165, 1.54) is 0 Å². The van der Waals surface area contributed by atoms with Crippen LogP contribution in [0.2, 0.25) is 0 Å². The highest BCUT2D eigenvalue weighted by molar-refractivity contribution is 5.69. The Hall–Kier alpha value is -1.59. The van der Waals surface area contributed by atoms with Gasteiger partial charge in [-0.15, -0.1) is 0 Å². The van der Waals surface area contributed by atoms with Crippen molar-refractivity contribution in [3.05, 3.63) is 37.0 Å². The van der Waals surface area contributed by atoms with Crippen molar-refractivity contribution >= 4 is 6.09 Å². The Balaban J connectivity index is 1.99. The molecular formula is C20H32N2O3.